The Morgan fingerprint density at radius 1 is 1.22 bits per heavy atom. The molecule has 1 amide bonds. The summed E-state index contributed by atoms with van der Waals surface area (Å²) in [7, 11) is 0. The lowest BCUT2D eigenvalue weighted by molar-refractivity contribution is -0.121. The van der Waals surface area contributed by atoms with Crippen molar-refractivity contribution in [2.75, 3.05) is 6.54 Å². The van der Waals surface area contributed by atoms with E-state index >= 15 is 0 Å². The van der Waals surface area contributed by atoms with Crippen LogP contribution < -0.4 is 10.6 Å². The van der Waals surface area contributed by atoms with E-state index in [2.05, 4.69) is 43.5 Å². The molecular weight excluding hydrogens is 224 g/mol. The van der Waals surface area contributed by atoms with Gasteiger partial charge in [0.1, 0.15) is 0 Å². The summed E-state index contributed by atoms with van der Waals surface area (Å²) in [5.41, 5.74) is 2.40. The van der Waals surface area contributed by atoms with Crippen molar-refractivity contribution >= 4 is 5.91 Å². The van der Waals surface area contributed by atoms with Crippen LogP contribution in [0.15, 0.2) is 24.3 Å². The fourth-order valence-electron chi connectivity index (χ4n) is 1.94. The van der Waals surface area contributed by atoms with Gasteiger partial charge in [0.15, 0.2) is 0 Å². The summed E-state index contributed by atoms with van der Waals surface area (Å²) in [5.74, 6) is 0.0962. The average molecular weight is 248 g/mol. The highest BCUT2D eigenvalue weighted by atomic mass is 16.1. The molecule has 1 aromatic carbocycles. The molecule has 3 nitrogen and oxygen atoms in total. The SMILES string of the molecule is Cc1ccccc1[C@@H](C)NC(=O)CCNC(C)C. The number of nitrogens with one attached hydrogen (secondary N) is 2. The Bertz CT molecular complexity index is 388. The monoisotopic (exact) mass is 248 g/mol. The van der Waals surface area contributed by atoms with Gasteiger partial charge in [-0.1, -0.05) is 38.1 Å². The molecule has 0 aromatic heterocycles. The lowest BCUT2D eigenvalue weighted by Crippen LogP contribution is -2.32. The first-order valence-electron chi connectivity index (χ1n) is 6.59. The second-order valence-electron chi connectivity index (χ2n) is 5.00. The molecule has 0 unspecified atom stereocenters. The minimum absolute atomic E-state index is 0.0674. The second-order valence-corrected chi connectivity index (χ2v) is 5.00. The third-order valence-electron chi connectivity index (χ3n) is 2.94. The Morgan fingerprint density at radius 2 is 1.89 bits per heavy atom. The minimum atomic E-state index is 0.0674. The molecule has 0 bridgehead atoms. The predicted molar refractivity (Wildman–Crippen MR) is 75.5 cm³/mol. The van der Waals surface area contributed by atoms with E-state index in [4.69, 9.17) is 0 Å². The lowest BCUT2D eigenvalue weighted by atomic mass is 10.0. The molecule has 0 heterocycles. The number of carbonyl (C=O) groups is 1. The molecule has 1 atom stereocenters. The topological polar surface area (TPSA) is 41.1 Å². The molecule has 0 fully saturated rings. The van der Waals surface area contributed by atoms with Gasteiger partial charge >= 0.3 is 0 Å². The number of benzene rings is 1. The highest BCUT2D eigenvalue weighted by Gasteiger charge is 2.10. The van der Waals surface area contributed by atoms with E-state index in [-0.39, 0.29) is 11.9 Å². The van der Waals surface area contributed by atoms with E-state index in [1.165, 1.54) is 11.1 Å². The summed E-state index contributed by atoms with van der Waals surface area (Å²) < 4.78 is 0. The van der Waals surface area contributed by atoms with Gasteiger partial charge in [-0.3, -0.25) is 4.79 Å². The fraction of sp³-hybridized carbons (Fsp3) is 0.533. The van der Waals surface area contributed by atoms with E-state index in [0.29, 0.717) is 12.5 Å². The predicted octanol–water partition coefficient (Wildman–Crippen LogP) is 2.56. The van der Waals surface area contributed by atoms with Crippen molar-refractivity contribution < 1.29 is 4.79 Å². The van der Waals surface area contributed by atoms with Gasteiger partial charge in [-0.05, 0) is 25.0 Å². The minimum Gasteiger partial charge on any atom is -0.350 e. The highest BCUT2D eigenvalue weighted by molar-refractivity contribution is 5.76. The zero-order valence-corrected chi connectivity index (χ0v) is 11.8. The lowest BCUT2D eigenvalue weighted by Gasteiger charge is -2.17. The number of amides is 1. The summed E-state index contributed by atoms with van der Waals surface area (Å²) in [6, 6.07) is 8.64. The van der Waals surface area contributed by atoms with E-state index in [9.17, 15) is 4.79 Å². The first-order valence-corrected chi connectivity index (χ1v) is 6.59. The molecule has 3 heteroatoms. The largest absolute Gasteiger partial charge is 0.350 e. The standard InChI is InChI=1S/C15H24N2O/c1-11(2)16-10-9-15(18)17-13(4)14-8-6-5-7-12(14)3/h5-8,11,13,16H,9-10H2,1-4H3,(H,17,18)/t13-/m1/s1. The Kier molecular flexibility index (Phi) is 5.86. The molecule has 0 saturated carbocycles. The van der Waals surface area contributed by atoms with Gasteiger partial charge in [0.05, 0.1) is 6.04 Å². The molecule has 2 N–H and O–H groups in total. The van der Waals surface area contributed by atoms with Gasteiger partial charge in [-0.15, -0.1) is 0 Å². The van der Waals surface area contributed by atoms with E-state index in [0.717, 1.165) is 6.54 Å². The van der Waals surface area contributed by atoms with Crippen LogP contribution in [0.2, 0.25) is 0 Å². The number of hydrogen-bond acceptors (Lipinski definition) is 2. The molecule has 1 aromatic rings. The first kappa shape index (κ1) is 14.7. The zero-order chi connectivity index (χ0) is 13.5. The van der Waals surface area contributed by atoms with Gasteiger partial charge < -0.3 is 10.6 Å². The van der Waals surface area contributed by atoms with Crippen molar-refractivity contribution in [3.63, 3.8) is 0 Å². The maximum atomic E-state index is 11.8. The molecule has 0 spiro atoms. The third-order valence-corrected chi connectivity index (χ3v) is 2.94. The third kappa shape index (κ3) is 4.88. The smallest absolute Gasteiger partial charge is 0.221 e. The van der Waals surface area contributed by atoms with Crippen LogP contribution in [0.5, 0.6) is 0 Å². The van der Waals surface area contributed by atoms with Gasteiger partial charge in [0.25, 0.3) is 0 Å². The van der Waals surface area contributed by atoms with Crippen molar-refractivity contribution in [2.24, 2.45) is 0 Å². The van der Waals surface area contributed by atoms with Crippen molar-refractivity contribution in [2.45, 2.75) is 46.2 Å². The van der Waals surface area contributed by atoms with Gasteiger partial charge in [-0.2, -0.15) is 0 Å². The van der Waals surface area contributed by atoms with Crippen molar-refractivity contribution in [1.29, 1.82) is 0 Å². The highest BCUT2D eigenvalue weighted by Crippen LogP contribution is 2.16. The summed E-state index contributed by atoms with van der Waals surface area (Å²) >= 11 is 0. The van der Waals surface area contributed by atoms with Crippen LogP contribution >= 0.6 is 0 Å². The average Bonchev–Trinajstić information content (AvgIpc) is 2.28. The molecule has 0 saturated heterocycles. The summed E-state index contributed by atoms with van der Waals surface area (Å²) in [4.78, 5) is 11.8. The molecule has 0 radical (unpaired) electrons. The zero-order valence-electron chi connectivity index (χ0n) is 11.8. The van der Waals surface area contributed by atoms with Gasteiger partial charge in [0.2, 0.25) is 5.91 Å². The molecule has 0 aliphatic carbocycles. The molecule has 0 aliphatic rings. The molecular formula is C15H24N2O. The van der Waals surface area contributed by atoms with Crippen LogP contribution in [0.3, 0.4) is 0 Å². The Hall–Kier alpha value is -1.35. The van der Waals surface area contributed by atoms with E-state index in [1.807, 2.05) is 19.1 Å². The second kappa shape index (κ2) is 7.17. The molecule has 18 heavy (non-hydrogen) atoms. The molecule has 1 rings (SSSR count). The quantitative estimate of drug-likeness (QED) is 0.812. The number of aryl methyl sites for hydroxylation is 1. The summed E-state index contributed by atoms with van der Waals surface area (Å²) in [6.45, 7) is 8.97. The number of rotatable bonds is 6. The maximum Gasteiger partial charge on any atom is 0.221 e. The Labute approximate surface area is 110 Å². The van der Waals surface area contributed by atoms with E-state index in [1.54, 1.807) is 0 Å². The fourth-order valence-corrected chi connectivity index (χ4v) is 1.94. The van der Waals surface area contributed by atoms with Crippen LogP contribution in [0.4, 0.5) is 0 Å². The van der Waals surface area contributed by atoms with Crippen LogP contribution in [-0.4, -0.2) is 18.5 Å². The van der Waals surface area contributed by atoms with Crippen LogP contribution in [0.1, 0.15) is 44.4 Å². The van der Waals surface area contributed by atoms with E-state index < -0.39 is 0 Å². The molecule has 100 valence electrons. The van der Waals surface area contributed by atoms with Gasteiger partial charge in [-0.25, -0.2) is 0 Å². The molecule has 0 aliphatic heterocycles. The summed E-state index contributed by atoms with van der Waals surface area (Å²) in [5, 5.41) is 6.27. The Balaban J connectivity index is 2.42. The normalized spacial score (nSPS) is 12.5. The van der Waals surface area contributed by atoms with Crippen LogP contribution in [0, 0.1) is 6.92 Å². The van der Waals surface area contributed by atoms with Crippen molar-refractivity contribution in [3.05, 3.63) is 35.4 Å². The van der Waals surface area contributed by atoms with Crippen molar-refractivity contribution in [3.8, 4) is 0 Å². The van der Waals surface area contributed by atoms with Crippen LogP contribution in [0.25, 0.3) is 0 Å². The summed E-state index contributed by atoms with van der Waals surface area (Å²) in [6.07, 6.45) is 0.522. The number of carbonyl (C=O) groups excluding carboxylic acids is 1. The van der Waals surface area contributed by atoms with Crippen LogP contribution in [-0.2, 0) is 4.79 Å². The van der Waals surface area contributed by atoms with Gasteiger partial charge in [0, 0.05) is 19.0 Å². The first-order chi connectivity index (χ1) is 8.50. The van der Waals surface area contributed by atoms with Crippen molar-refractivity contribution in [1.82, 2.24) is 10.6 Å². The maximum absolute atomic E-state index is 11.8. The Morgan fingerprint density at radius 3 is 2.50 bits per heavy atom. The number of hydrogen-bond donors (Lipinski definition) is 2.